The molecule has 0 fully saturated rings. The van der Waals surface area contributed by atoms with Gasteiger partial charge in [-0.2, -0.15) is 0 Å². The summed E-state index contributed by atoms with van der Waals surface area (Å²) < 4.78 is 16.8. The molecule has 0 aliphatic carbocycles. The molecule has 0 aromatic carbocycles. The zero-order chi connectivity index (χ0) is 52.9. The van der Waals surface area contributed by atoms with Gasteiger partial charge in [-0.25, -0.2) is 0 Å². The highest BCUT2D eigenvalue weighted by atomic mass is 16.6. The minimum Gasteiger partial charge on any atom is -0.462 e. The number of rotatable bonds is 60. The van der Waals surface area contributed by atoms with E-state index in [1.165, 1.54) is 238 Å². The van der Waals surface area contributed by atoms with Crippen LogP contribution in [0.25, 0.3) is 0 Å². The Hall–Kier alpha value is -2.37. The third kappa shape index (κ3) is 60.4. The summed E-state index contributed by atoms with van der Waals surface area (Å²) in [5, 5.41) is 0. The number of unbranched alkanes of at least 4 members (excludes halogenated alkanes) is 43. The maximum atomic E-state index is 12.8. The van der Waals surface area contributed by atoms with Gasteiger partial charge in [0.15, 0.2) is 6.10 Å². The fraction of sp³-hybridized carbons (Fsp3) is 0.866. The van der Waals surface area contributed by atoms with E-state index in [1.807, 2.05) is 0 Å². The fourth-order valence-corrected chi connectivity index (χ4v) is 9.64. The summed E-state index contributed by atoms with van der Waals surface area (Å²) in [6, 6.07) is 0. The molecule has 0 aromatic rings. The molecule has 73 heavy (non-hydrogen) atoms. The van der Waals surface area contributed by atoms with Gasteiger partial charge in [0.2, 0.25) is 0 Å². The third-order valence-corrected chi connectivity index (χ3v) is 14.6. The molecule has 0 amide bonds. The number of allylic oxidation sites excluding steroid dienone is 6. The van der Waals surface area contributed by atoms with Gasteiger partial charge in [0.1, 0.15) is 13.2 Å². The van der Waals surface area contributed by atoms with E-state index in [9.17, 15) is 14.4 Å². The van der Waals surface area contributed by atoms with Gasteiger partial charge in [0.05, 0.1) is 0 Å². The molecule has 0 rings (SSSR count). The van der Waals surface area contributed by atoms with E-state index < -0.39 is 6.10 Å². The zero-order valence-electron chi connectivity index (χ0n) is 49.2. The Morgan fingerprint density at radius 1 is 0.260 bits per heavy atom. The maximum Gasteiger partial charge on any atom is 0.306 e. The van der Waals surface area contributed by atoms with Crippen LogP contribution >= 0.6 is 0 Å². The smallest absolute Gasteiger partial charge is 0.306 e. The first kappa shape index (κ1) is 70.6. The van der Waals surface area contributed by atoms with E-state index in [4.69, 9.17) is 14.2 Å². The molecule has 0 N–H and O–H groups in total. The Balaban J connectivity index is 3.98. The van der Waals surface area contributed by atoms with E-state index in [0.29, 0.717) is 19.3 Å². The van der Waals surface area contributed by atoms with Crippen molar-refractivity contribution in [2.24, 2.45) is 0 Å². The first-order valence-corrected chi connectivity index (χ1v) is 32.5. The molecular weight excluding hydrogens is 901 g/mol. The lowest BCUT2D eigenvalue weighted by Crippen LogP contribution is -2.30. The third-order valence-electron chi connectivity index (χ3n) is 14.6. The average molecular weight is 1030 g/mol. The molecule has 6 nitrogen and oxygen atoms in total. The van der Waals surface area contributed by atoms with Gasteiger partial charge in [0, 0.05) is 19.3 Å². The molecular formula is C67H124O6. The number of esters is 3. The molecule has 0 saturated heterocycles. The van der Waals surface area contributed by atoms with Gasteiger partial charge in [0.25, 0.3) is 0 Å². The molecule has 1 atom stereocenters. The van der Waals surface area contributed by atoms with Gasteiger partial charge in [-0.15, -0.1) is 0 Å². The quantitative estimate of drug-likeness (QED) is 0.0261. The van der Waals surface area contributed by atoms with Gasteiger partial charge in [-0.1, -0.05) is 288 Å². The van der Waals surface area contributed by atoms with Crippen molar-refractivity contribution < 1.29 is 28.6 Å². The lowest BCUT2D eigenvalue weighted by molar-refractivity contribution is -0.167. The second kappa shape index (κ2) is 62.2. The van der Waals surface area contributed by atoms with Crippen LogP contribution in [0.5, 0.6) is 0 Å². The summed E-state index contributed by atoms with van der Waals surface area (Å²) >= 11 is 0. The number of hydrogen-bond acceptors (Lipinski definition) is 6. The number of hydrogen-bond donors (Lipinski definition) is 0. The van der Waals surface area contributed by atoms with Gasteiger partial charge < -0.3 is 14.2 Å². The molecule has 0 aliphatic heterocycles. The number of carbonyl (C=O) groups is 3. The van der Waals surface area contributed by atoms with Crippen molar-refractivity contribution in [3.8, 4) is 0 Å². The van der Waals surface area contributed by atoms with Crippen LogP contribution in [0.4, 0.5) is 0 Å². The van der Waals surface area contributed by atoms with E-state index in [2.05, 4.69) is 57.2 Å². The number of ether oxygens (including phenoxy) is 3. The van der Waals surface area contributed by atoms with Crippen molar-refractivity contribution in [2.75, 3.05) is 13.2 Å². The van der Waals surface area contributed by atoms with Crippen molar-refractivity contribution >= 4 is 17.9 Å². The Morgan fingerprint density at radius 3 is 0.726 bits per heavy atom. The van der Waals surface area contributed by atoms with E-state index in [0.717, 1.165) is 77.0 Å². The summed E-state index contributed by atoms with van der Waals surface area (Å²) in [5.41, 5.74) is 0. The predicted molar refractivity (Wildman–Crippen MR) is 316 cm³/mol. The molecule has 0 bridgehead atoms. The standard InChI is InChI=1S/C67H124O6/c1-4-7-10-13-16-19-22-23-24-25-26-27-28-29-30-31-32-33-34-35-36-37-38-39-40-41-42-43-46-48-51-54-57-60-66(69)72-63-64(73-67(70)61-58-55-52-49-45-21-18-15-12-9-6-3)62-71-65(68)59-56-53-50-47-44-20-17-14-11-8-5-2/h14-15,17-18,25-26,64H,4-13,16,19-24,27-63H2,1-3H3/b17-14-,18-15-,26-25-. The summed E-state index contributed by atoms with van der Waals surface area (Å²) in [5.74, 6) is -0.878. The Morgan fingerprint density at radius 2 is 0.466 bits per heavy atom. The van der Waals surface area contributed by atoms with Crippen LogP contribution in [0.2, 0.25) is 0 Å². The highest BCUT2D eigenvalue weighted by Crippen LogP contribution is 2.18. The second-order valence-electron chi connectivity index (χ2n) is 22.0. The van der Waals surface area contributed by atoms with Crippen LogP contribution in [0.1, 0.15) is 355 Å². The maximum absolute atomic E-state index is 12.8. The van der Waals surface area contributed by atoms with Crippen LogP contribution in [-0.4, -0.2) is 37.2 Å². The molecule has 428 valence electrons. The first-order chi connectivity index (χ1) is 36.0. The minimum absolute atomic E-state index is 0.0746. The average Bonchev–Trinajstić information content (AvgIpc) is 3.39. The molecule has 0 spiro atoms. The largest absolute Gasteiger partial charge is 0.462 e. The van der Waals surface area contributed by atoms with Crippen molar-refractivity contribution in [2.45, 2.75) is 361 Å². The molecule has 0 heterocycles. The van der Waals surface area contributed by atoms with Crippen molar-refractivity contribution in [1.29, 1.82) is 0 Å². The molecule has 1 unspecified atom stereocenters. The summed E-state index contributed by atoms with van der Waals surface area (Å²) in [6.07, 6.45) is 76.2. The highest BCUT2D eigenvalue weighted by Gasteiger charge is 2.19. The first-order valence-electron chi connectivity index (χ1n) is 32.5. The highest BCUT2D eigenvalue weighted by molar-refractivity contribution is 5.71. The van der Waals surface area contributed by atoms with Crippen LogP contribution in [0.3, 0.4) is 0 Å². The van der Waals surface area contributed by atoms with Crippen LogP contribution in [0.15, 0.2) is 36.5 Å². The zero-order valence-corrected chi connectivity index (χ0v) is 49.2. The van der Waals surface area contributed by atoms with Gasteiger partial charge in [-0.05, 0) is 83.5 Å². The lowest BCUT2D eigenvalue weighted by atomic mass is 10.0. The Labute approximate surface area is 455 Å². The van der Waals surface area contributed by atoms with Crippen LogP contribution in [-0.2, 0) is 28.6 Å². The van der Waals surface area contributed by atoms with E-state index >= 15 is 0 Å². The normalized spacial score (nSPS) is 12.2. The predicted octanol–water partition coefficient (Wildman–Crippen LogP) is 22.0. The van der Waals surface area contributed by atoms with Crippen molar-refractivity contribution in [1.82, 2.24) is 0 Å². The fourth-order valence-electron chi connectivity index (χ4n) is 9.64. The van der Waals surface area contributed by atoms with E-state index in [1.54, 1.807) is 0 Å². The van der Waals surface area contributed by atoms with Crippen molar-refractivity contribution in [3.63, 3.8) is 0 Å². The minimum atomic E-state index is -0.776. The summed E-state index contributed by atoms with van der Waals surface area (Å²) in [6.45, 7) is 6.59. The number of carbonyl (C=O) groups excluding carboxylic acids is 3. The topological polar surface area (TPSA) is 78.9 Å². The monoisotopic (exact) mass is 1020 g/mol. The second-order valence-corrected chi connectivity index (χ2v) is 22.0. The molecule has 0 aromatic heterocycles. The Kier molecular flexibility index (Phi) is 60.2. The lowest BCUT2D eigenvalue weighted by Gasteiger charge is -2.18. The molecule has 6 heteroatoms. The van der Waals surface area contributed by atoms with Crippen LogP contribution in [0, 0.1) is 0 Å². The SMILES string of the molecule is CCCC/C=C\CCCCCCCC(=O)OCC(COC(=O)CCCCCCCCCCCCCCCCCCCCCCC/C=C\CCCCCCCCCC)OC(=O)CCCCCCC/C=C\CCCC. The van der Waals surface area contributed by atoms with Gasteiger partial charge in [-0.3, -0.25) is 14.4 Å². The van der Waals surface area contributed by atoms with Crippen LogP contribution < -0.4 is 0 Å². The molecule has 0 saturated carbocycles. The summed E-state index contributed by atoms with van der Waals surface area (Å²) in [7, 11) is 0. The molecule has 0 aliphatic rings. The van der Waals surface area contributed by atoms with Crippen molar-refractivity contribution in [3.05, 3.63) is 36.5 Å². The van der Waals surface area contributed by atoms with E-state index in [-0.39, 0.29) is 31.1 Å². The Bertz CT molecular complexity index is 1220. The van der Waals surface area contributed by atoms with Gasteiger partial charge >= 0.3 is 17.9 Å². The summed E-state index contributed by atoms with van der Waals surface area (Å²) in [4.78, 5) is 38.1. The molecule has 0 radical (unpaired) electrons.